The quantitative estimate of drug-likeness (QED) is 0.892. The maximum atomic E-state index is 6.63. The molecule has 100 valence electrons. The summed E-state index contributed by atoms with van der Waals surface area (Å²) in [6.07, 6.45) is 5.78. The van der Waals surface area contributed by atoms with Crippen LogP contribution in [0, 0.1) is 0 Å². The monoisotopic (exact) mass is 265 g/mol. The van der Waals surface area contributed by atoms with E-state index in [-0.39, 0.29) is 5.54 Å². The Morgan fingerprint density at radius 1 is 1.28 bits per heavy atom. The number of aromatic nitrogens is 1. The molecule has 0 saturated carbocycles. The molecule has 0 amide bonds. The van der Waals surface area contributed by atoms with Crippen molar-refractivity contribution in [3.05, 3.63) is 15.6 Å². The molecule has 1 fully saturated rings. The SMILES string of the molecule is CC(C)N1CCC(N)(c2nc3c(s2)CCC3)CC1. The van der Waals surface area contributed by atoms with Gasteiger partial charge in [0.2, 0.25) is 0 Å². The van der Waals surface area contributed by atoms with Gasteiger partial charge in [0.05, 0.1) is 11.2 Å². The summed E-state index contributed by atoms with van der Waals surface area (Å²) in [4.78, 5) is 8.85. The molecule has 1 aliphatic carbocycles. The van der Waals surface area contributed by atoms with Crippen LogP contribution >= 0.6 is 11.3 Å². The van der Waals surface area contributed by atoms with E-state index in [0.29, 0.717) is 6.04 Å². The largest absolute Gasteiger partial charge is 0.319 e. The third kappa shape index (κ3) is 2.10. The van der Waals surface area contributed by atoms with E-state index in [2.05, 4.69) is 18.7 Å². The van der Waals surface area contributed by atoms with E-state index in [1.807, 2.05) is 11.3 Å². The van der Waals surface area contributed by atoms with Crippen LogP contribution in [0.25, 0.3) is 0 Å². The summed E-state index contributed by atoms with van der Waals surface area (Å²) < 4.78 is 0. The highest BCUT2D eigenvalue weighted by atomic mass is 32.1. The number of rotatable bonds is 2. The normalized spacial score (nSPS) is 23.6. The third-order valence-electron chi connectivity index (χ3n) is 4.44. The van der Waals surface area contributed by atoms with Crippen molar-refractivity contribution in [3.63, 3.8) is 0 Å². The highest BCUT2D eigenvalue weighted by molar-refractivity contribution is 7.12. The van der Waals surface area contributed by atoms with Gasteiger partial charge in [0, 0.05) is 24.0 Å². The Bertz CT molecular complexity index is 409. The second kappa shape index (κ2) is 4.58. The zero-order chi connectivity index (χ0) is 12.8. The average molecular weight is 265 g/mol. The van der Waals surface area contributed by atoms with Crippen molar-refractivity contribution in [3.8, 4) is 0 Å². The van der Waals surface area contributed by atoms with E-state index in [0.717, 1.165) is 25.9 Å². The molecule has 0 aromatic carbocycles. The van der Waals surface area contributed by atoms with Crippen LogP contribution in [-0.4, -0.2) is 29.0 Å². The number of hydrogen-bond donors (Lipinski definition) is 1. The van der Waals surface area contributed by atoms with Gasteiger partial charge in [-0.05, 0) is 46.0 Å². The first-order valence-corrected chi connectivity index (χ1v) is 7.92. The van der Waals surface area contributed by atoms with Gasteiger partial charge in [0.25, 0.3) is 0 Å². The molecule has 0 radical (unpaired) electrons. The van der Waals surface area contributed by atoms with Gasteiger partial charge in [0.15, 0.2) is 0 Å². The smallest absolute Gasteiger partial charge is 0.113 e. The summed E-state index contributed by atoms with van der Waals surface area (Å²) in [6, 6.07) is 0.635. The fourth-order valence-corrected chi connectivity index (χ4v) is 4.37. The molecular formula is C14H23N3S. The van der Waals surface area contributed by atoms with Crippen molar-refractivity contribution in [1.29, 1.82) is 0 Å². The van der Waals surface area contributed by atoms with E-state index in [9.17, 15) is 0 Å². The van der Waals surface area contributed by atoms with E-state index >= 15 is 0 Å². The maximum absolute atomic E-state index is 6.63. The number of nitrogens with two attached hydrogens (primary N) is 1. The lowest BCUT2D eigenvalue weighted by molar-refractivity contribution is 0.131. The fraction of sp³-hybridized carbons (Fsp3) is 0.786. The van der Waals surface area contributed by atoms with Gasteiger partial charge in [-0.1, -0.05) is 0 Å². The molecule has 3 rings (SSSR count). The van der Waals surface area contributed by atoms with E-state index in [1.54, 1.807) is 0 Å². The van der Waals surface area contributed by atoms with Crippen molar-refractivity contribution in [2.24, 2.45) is 5.73 Å². The van der Waals surface area contributed by atoms with Crippen molar-refractivity contribution >= 4 is 11.3 Å². The number of piperidine rings is 1. The highest BCUT2D eigenvalue weighted by Gasteiger charge is 2.36. The molecular weight excluding hydrogens is 242 g/mol. The van der Waals surface area contributed by atoms with Gasteiger partial charge in [-0.3, -0.25) is 0 Å². The van der Waals surface area contributed by atoms with Crippen LogP contribution in [0.3, 0.4) is 0 Å². The first-order chi connectivity index (χ1) is 8.58. The minimum Gasteiger partial charge on any atom is -0.319 e. The Kier molecular flexibility index (Phi) is 3.20. The van der Waals surface area contributed by atoms with Crippen LogP contribution in [0.5, 0.6) is 0 Å². The van der Waals surface area contributed by atoms with Gasteiger partial charge in [-0.2, -0.15) is 0 Å². The summed E-state index contributed by atoms with van der Waals surface area (Å²) in [7, 11) is 0. The summed E-state index contributed by atoms with van der Waals surface area (Å²) in [5, 5.41) is 1.20. The highest BCUT2D eigenvalue weighted by Crippen LogP contribution is 2.37. The van der Waals surface area contributed by atoms with Crippen molar-refractivity contribution < 1.29 is 0 Å². The number of likely N-dealkylation sites (tertiary alicyclic amines) is 1. The first kappa shape index (κ1) is 12.6. The van der Waals surface area contributed by atoms with Crippen LogP contribution < -0.4 is 5.73 Å². The second-order valence-electron chi connectivity index (χ2n) is 6.03. The van der Waals surface area contributed by atoms with E-state index < -0.39 is 0 Å². The second-order valence-corrected chi connectivity index (χ2v) is 7.11. The Balaban J connectivity index is 1.75. The van der Waals surface area contributed by atoms with Gasteiger partial charge in [0.1, 0.15) is 5.01 Å². The topological polar surface area (TPSA) is 42.1 Å². The lowest BCUT2D eigenvalue weighted by Crippen LogP contribution is -2.49. The molecule has 3 nitrogen and oxygen atoms in total. The zero-order valence-electron chi connectivity index (χ0n) is 11.4. The number of fused-ring (bicyclic) bond motifs is 1. The predicted molar refractivity (Wildman–Crippen MR) is 75.9 cm³/mol. The minimum absolute atomic E-state index is 0.152. The fourth-order valence-electron chi connectivity index (χ4n) is 3.06. The standard InChI is InChI=1S/C14H23N3S/c1-10(2)17-8-6-14(15,7-9-17)13-16-11-4-3-5-12(11)18-13/h10H,3-9,15H2,1-2H3. The molecule has 2 heterocycles. The summed E-state index contributed by atoms with van der Waals surface area (Å²) >= 11 is 1.88. The average Bonchev–Trinajstić information content (AvgIpc) is 2.89. The van der Waals surface area contributed by atoms with Gasteiger partial charge in [-0.25, -0.2) is 4.98 Å². The molecule has 0 bridgehead atoms. The molecule has 2 aliphatic rings. The molecule has 2 N–H and O–H groups in total. The number of thiazole rings is 1. The van der Waals surface area contributed by atoms with Crippen molar-refractivity contribution in [1.82, 2.24) is 9.88 Å². The third-order valence-corrected chi connectivity index (χ3v) is 5.82. The van der Waals surface area contributed by atoms with Crippen LogP contribution in [0.15, 0.2) is 0 Å². The van der Waals surface area contributed by atoms with Crippen LogP contribution in [-0.2, 0) is 18.4 Å². The first-order valence-electron chi connectivity index (χ1n) is 7.10. The van der Waals surface area contributed by atoms with E-state index in [1.165, 1.54) is 34.8 Å². The van der Waals surface area contributed by atoms with Gasteiger partial charge in [-0.15, -0.1) is 11.3 Å². The van der Waals surface area contributed by atoms with Crippen molar-refractivity contribution in [2.75, 3.05) is 13.1 Å². The van der Waals surface area contributed by atoms with Gasteiger partial charge >= 0.3 is 0 Å². The molecule has 18 heavy (non-hydrogen) atoms. The molecule has 1 aliphatic heterocycles. The molecule has 0 unspecified atom stereocenters. The molecule has 1 saturated heterocycles. The Hall–Kier alpha value is -0.450. The summed E-state index contributed by atoms with van der Waals surface area (Å²) in [5.41, 5.74) is 7.81. The predicted octanol–water partition coefficient (Wildman–Crippen LogP) is 2.29. The summed E-state index contributed by atoms with van der Waals surface area (Å²) in [6.45, 7) is 6.75. The lowest BCUT2D eigenvalue weighted by atomic mass is 9.89. The number of nitrogens with zero attached hydrogens (tertiary/aromatic N) is 2. The Morgan fingerprint density at radius 3 is 2.61 bits per heavy atom. The van der Waals surface area contributed by atoms with Crippen LogP contribution in [0.4, 0.5) is 0 Å². The number of aryl methyl sites for hydroxylation is 2. The summed E-state index contributed by atoms with van der Waals surface area (Å²) in [5.74, 6) is 0. The zero-order valence-corrected chi connectivity index (χ0v) is 12.2. The van der Waals surface area contributed by atoms with Crippen LogP contribution in [0.2, 0.25) is 0 Å². The van der Waals surface area contributed by atoms with Gasteiger partial charge < -0.3 is 10.6 Å². The molecule has 0 spiro atoms. The molecule has 0 atom stereocenters. The Labute approximate surface area is 113 Å². The lowest BCUT2D eigenvalue weighted by Gasteiger charge is -2.39. The van der Waals surface area contributed by atoms with Crippen LogP contribution in [0.1, 0.15) is 48.7 Å². The Morgan fingerprint density at radius 2 is 2.00 bits per heavy atom. The minimum atomic E-state index is -0.152. The molecule has 1 aromatic rings. The molecule has 4 heteroatoms. The van der Waals surface area contributed by atoms with Crippen molar-refractivity contribution in [2.45, 2.75) is 57.5 Å². The number of hydrogen-bond acceptors (Lipinski definition) is 4. The molecule has 1 aromatic heterocycles. The van der Waals surface area contributed by atoms with E-state index in [4.69, 9.17) is 10.7 Å². The maximum Gasteiger partial charge on any atom is 0.113 e.